The van der Waals surface area contributed by atoms with E-state index in [2.05, 4.69) is 27.4 Å². The Kier molecular flexibility index (Phi) is 5.79. The van der Waals surface area contributed by atoms with Gasteiger partial charge in [0.1, 0.15) is 6.04 Å². The van der Waals surface area contributed by atoms with E-state index in [1.165, 1.54) is 0 Å². The molecule has 0 radical (unpaired) electrons. The Morgan fingerprint density at radius 1 is 1.25 bits per heavy atom. The standard InChI is InChI=1S/C14H26N4O2/c1-2-17-7-9-18(10-8-17)11-13(19)16-12-5-3-4-6-15-14(12)20/h12H,2-11H2,1H3,(H,15,20)(H,16,19). The number of hydrogen-bond acceptors (Lipinski definition) is 4. The van der Waals surface area contributed by atoms with Crippen LogP contribution in [0.2, 0.25) is 0 Å². The van der Waals surface area contributed by atoms with Crippen molar-refractivity contribution in [3.05, 3.63) is 0 Å². The maximum Gasteiger partial charge on any atom is 0.242 e. The van der Waals surface area contributed by atoms with E-state index in [4.69, 9.17) is 0 Å². The van der Waals surface area contributed by atoms with Crippen LogP contribution in [0.25, 0.3) is 0 Å². The van der Waals surface area contributed by atoms with E-state index >= 15 is 0 Å². The van der Waals surface area contributed by atoms with Gasteiger partial charge in [0.15, 0.2) is 0 Å². The summed E-state index contributed by atoms with van der Waals surface area (Å²) in [6.07, 6.45) is 2.73. The molecule has 20 heavy (non-hydrogen) atoms. The van der Waals surface area contributed by atoms with Crippen molar-refractivity contribution in [3.8, 4) is 0 Å². The van der Waals surface area contributed by atoms with E-state index in [-0.39, 0.29) is 17.9 Å². The fourth-order valence-corrected chi connectivity index (χ4v) is 2.78. The van der Waals surface area contributed by atoms with Gasteiger partial charge < -0.3 is 15.5 Å². The molecule has 0 aliphatic carbocycles. The first-order chi connectivity index (χ1) is 9.69. The summed E-state index contributed by atoms with van der Waals surface area (Å²) in [6, 6.07) is -0.345. The number of nitrogens with one attached hydrogen (secondary N) is 2. The molecule has 2 N–H and O–H groups in total. The van der Waals surface area contributed by atoms with Crippen LogP contribution in [0.1, 0.15) is 26.2 Å². The summed E-state index contributed by atoms with van der Waals surface area (Å²) in [7, 11) is 0. The van der Waals surface area contributed by atoms with E-state index in [0.29, 0.717) is 6.54 Å². The molecule has 2 amide bonds. The first-order valence-corrected chi connectivity index (χ1v) is 7.71. The Hall–Kier alpha value is -1.14. The lowest BCUT2D eigenvalue weighted by Gasteiger charge is -2.33. The van der Waals surface area contributed by atoms with Gasteiger partial charge in [-0.05, 0) is 25.8 Å². The normalized spacial score (nSPS) is 25.9. The third-order valence-corrected chi connectivity index (χ3v) is 4.15. The van der Waals surface area contributed by atoms with Crippen molar-refractivity contribution in [1.82, 2.24) is 20.4 Å². The molecular formula is C14H26N4O2. The second kappa shape index (κ2) is 7.59. The smallest absolute Gasteiger partial charge is 0.242 e. The number of likely N-dealkylation sites (N-methyl/N-ethyl adjacent to an activating group) is 1. The second-order valence-electron chi connectivity index (χ2n) is 5.62. The van der Waals surface area contributed by atoms with Gasteiger partial charge in [-0.15, -0.1) is 0 Å². The van der Waals surface area contributed by atoms with Crippen LogP contribution < -0.4 is 10.6 Å². The highest BCUT2D eigenvalue weighted by Gasteiger charge is 2.24. The van der Waals surface area contributed by atoms with Crippen molar-refractivity contribution in [2.45, 2.75) is 32.2 Å². The van der Waals surface area contributed by atoms with Crippen LogP contribution >= 0.6 is 0 Å². The highest BCUT2D eigenvalue weighted by molar-refractivity contribution is 5.88. The Bertz CT molecular complexity index is 340. The average Bonchev–Trinajstić information content (AvgIpc) is 2.65. The summed E-state index contributed by atoms with van der Waals surface area (Å²) in [6.45, 7) is 8.26. The maximum atomic E-state index is 12.0. The highest BCUT2D eigenvalue weighted by Crippen LogP contribution is 2.06. The van der Waals surface area contributed by atoms with E-state index in [1.54, 1.807) is 0 Å². The molecule has 6 heteroatoms. The van der Waals surface area contributed by atoms with Gasteiger partial charge in [0.2, 0.25) is 11.8 Å². The lowest BCUT2D eigenvalue weighted by molar-refractivity contribution is -0.129. The Labute approximate surface area is 120 Å². The maximum absolute atomic E-state index is 12.0. The number of rotatable bonds is 4. The fourth-order valence-electron chi connectivity index (χ4n) is 2.78. The Morgan fingerprint density at radius 2 is 1.95 bits per heavy atom. The zero-order valence-corrected chi connectivity index (χ0v) is 12.4. The predicted molar refractivity (Wildman–Crippen MR) is 77.3 cm³/mol. The summed E-state index contributed by atoms with van der Waals surface area (Å²) in [5.41, 5.74) is 0. The molecule has 1 atom stereocenters. The molecule has 2 heterocycles. The number of carbonyl (C=O) groups is 2. The van der Waals surface area contributed by atoms with Crippen LogP contribution in [0.3, 0.4) is 0 Å². The van der Waals surface area contributed by atoms with Crippen LogP contribution in [0.15, 0.2) is 0 Å². The number of piperazine rings is 1. The first kappa shape index (κ1) is 15.3. The molecule has 0 aromatic heterocycles. The number of nitrogens with zero attached hydrogens (tertiary/aromatic N) is 2. The summed E-state index contributed by atoms with van der Waals surface area (Å²) in [4.78, 5) is 28.4. The van der Waals surface area contributed by atoms with E-state index in [0.717, 1.165) is 58.5 Å². The molecule has 2 aliphatic rings. The number of carbonyl (C=O) groups excluding carboxylic acids is 2. The van der Waals surface area contributed by atoms with Gasteiger partial charge in [-0.2, -0.15) is 0 Å². The zero-order valence-electron chi connectivity index (χ0n) is 12.4. The topological polar surface area (TPSA) is 64.7 Å². The molecule has 2 saturated heterocycles. The highest BCUT2D eigenvalue weighted by atomic mass is 16.2. The van der Waals surface area contributed by atoms with Crippen molar-refractivity contribution in [2.24, 2.45) is 0 Å². The molecule has 0 bridgehead atoms. The van der Waals surface area contributed by atoms with Crippen LogP contribution in [0.5, 0.6) is 0 Å². The Morgan fingerprint density at radius 3 is 2.65 bits per heavy atom. The van der Waals surface area contributed by atoms with Crippen molar-refractivity contribution in [2.75, 3.05) is 45.8 Å². The largest absolute Gasteiger partial charge is 0.354 e. The van der Waals surface area contributed by atoms with Crippen molar-refractivity contribution >= 4 is 11.8 Å². The fraction of sp³-hybridized carbons (Fsp3) is 0.857. The lowest BCUT2D eigenvalue weighted by atomic mass is 10.1. The molecular weight excluding hydrogens is 256 g/mol. The van der Waals surface area contributed by atoms with Crippen molar-refractivity contribution < 1.29 is 9.59 Å². The van der Waals surface area contributed by atoms with Gasteiger partial charge in [-0.25, -0.2) is 0 Å². The van der Waals surface area contributed by atoms with E-state index < -0.39 is 0 Å². The minimum Gasteiger partial charge on any atom is -0.354 e. The van der Waals surface area contributed by atoms with Crippen molar-refractivity contribution in [3.63, 3.8) is 0 Å². The van der Waals surface area contributed by atoms with Gasteiger partial charge in [0.05, 0.1) is 6.54 Å². The van der Waals surface area contributed by atoms with Crippen molar-refractivity contribution in [1.29, 1.82) is 0 Å². The average molecular weight is 282 g/mol. The van der Waals surface area contributed by atoms with E-state index in [1.807, 2.05) is 0 Å². The molecule has 2 rings (SSSR count). The van der Waals surface area contributed by atoms with Crippen LogP contribution in [0.4, 0.5) is 0 Å². The lowest BCUT2D eigenvalue weighted by Crippen LogP contribution is -2.52. The Balaban J connectivity index is 1.73. The monoisotopic (exact) mass is 282 g/mol. The summed E-state index contributed by atoms with van der Waals surface area (Å²) in [5, 5.41) is 5.72. The summed E-state index contributed by atoms with van der Waals surface area (Å²) in [5.74, 6) is -0.0661. The predicted octanol–water partition coefficient (Wildman–Crippen LogP) is -0.591. The van der Waals surface area contributed by atoms with Gasteiger partial charge in [0, 0.05) is 32.7 Å². The van der Waals surface area contributed by atoms with Gasteiger partial charge in [-0.3, -0.25) is 14.5 Å². The number of hydrogen-bond donors (Lipinski definition) is 2. The molecule has 6 nitrogen and oxygen atoms in total. The molecule has 1 unspecified atom stereocenters. The molecule has 0 spiro atoms. The van der Waals surface area contributed by atoms with E-state index in [9.17, 15) is 9.59 Å². The molecule has 0 saturated carbocycles. The first-order valence-electron chi connectivity index (χ1n) is 7.71. The summed E-state index contributed by atoms with van der Waals surface area (Å²) >= 11 is 0. The molecule has 2 aliphatic heterocycles. The summed E-state index contributed by atoms with van der Waals surface area (Å²) < 4.78 is 0. The van der Waals surface area contributed by atoms with Gasteiger partial charge in [-0.1, -0.05) is 6.92 Å². The molecule has 0 aromatic rings. The third kappa shape index (κ3) is 4.45. The molecule has 2 fully saturated rings. The minimum absolute atomic E-state index is 0.0306. The number of amides is 2. The van der Waals surface area contributed by atoms with Gasteiger partial charge >= 0.3 is 0 Å². The molecule has 0 aromatic carbocycles. The molecule has 114 valence electrons. The minimum atomic E-state index is -0.345. The van der Waals surface area contributed by atoms with Gasteiger partial charge in [0.25, 0.3) is 0 Å². The van der Waals surface area contributed by atoms with Crippen LogP contribution in [0, 0.1) is 0 Å². The van der Waals surface area contributed by atoms with Crippen LogP contribution in [-0.2, 0) is 9.59 Å². The zero-order chi connectivity index (χ0) is 14.4. The second-order valence-corrected chi connectivity index (χ2v) is 5.62. The van der Waals surface area contributed by atoms with Crippen LogP contribution in [-0.4, -0.2) is 73.5 Å². The quantitative estimate of drug-likeness (QED) is 0.723. The third-order valence-electron chi connectivity index (χ3n) is 4.15. The SMILES string of the molecule is CCN1CCN(CC(=O)NC2CCCCNC2=O)CC1.